The number of benzene rings is 2. The molecule has 1 aliphatic rings. The summed E-state index contributed by atoms with van der Waals surface area (Å²) < 4.78 is 17.3. The van der Waals surface area contributed by atoms with Crippen LogP contribution in [-0.2, 0) is 9.63 Å². The predicted octanol–water partition coefficient (Wildman–Crippen LogP) is 5.41. The SMILES string of the molecule is CCON=Cc1ccc(OCCCCCOc2ccc(C(=O)N3CCCC(C(=O)N(CC)CC)C3)c(OC)c2)cc1. The first-order chi connectivity index (χ1) is 20.0. The van der Waals surface area contributed by atoms with Crippen LogP contribution in [0.15, 0.2) is 47.6 Å². The number of likely N-dealkylation sites (tertiary alicyclic amines) is 1. The van der Waals surface area contributed by atoms with Crippen LogP contribution >= 0.6 is 0 Å². The van der Waals surface area contributed by atoms with E-state index in [9.17, 15) is 9.59 Å². The second-order valence-corrected chi connectivity index (χ2v) is 9.94. The van der Waals surface area contributed by atoms with Gasteiger partial charge in [-0.2, -0.15) is 0 Å². The van der Waals surface area contributed by atoms with Crippen molar-refractivity contribution in [1.82, 2.24) is 9.80 Å². The van der Waals surface area contributed by atoms with Crippen molar-refractivity contribution >= 4 is 18.0 Å². The molecule has 0 radical (unpaired) electrons. The third-order valence-corrected chi connectivity index (χ3v) is 7.15. The lowest BCUT2D eigenvalue weighted by atomic mass is 9.95. The van der Waals surface area contributed by atoms with E-state index >= 15 is 0 Å². The molecule has 0 aromatic heterocycles. The summed E-state index contributed by atoms with van der Waals surface area (Å²) in [5.41, 5.74) is 1.45. The summed E-state index contributed by atoms with van der Waals surface area (Å²) in [6, 6.07) is 13.1. The molecule has 1 unspecified atom stereocenters. The van der Waals surface area contributed by atoms with Gasteiger partial charge >= 0.3 is 0 Å². The van der Waals surface area contributed by atoms with E-state index in [-0.39, 0.29) is 17.7 Å². The van der Waals surface area contributed by atoms with Crippen molar-refractivity contribution in [2.75, 3.05) is 53.1 Å². The third kappa shape index (κ3) is 9.69. The number of nitrogens with zero attached hydrogens (tertiary/aromatic N) is 3. The van der Waals surface area contributed by atoms with Gasteiger partial charge in [0.25, 0.3) is 5.91 Å². The van der Waals surface area contributed by atoms with Crippen molar-refractivity contribution in [3.63, 3.8) is 0 Å². The van der Waals surface area contributed by atoms with Gasteiger partial charge in [0.05, 0.1) is 38.0 Å². The van der Waals surface area contributed by atoms with Gasteiger partial charge in [-0.15, -0.1) is 0 Å². The Balaban J connectivity index is 1.41. The van der Waals surface area contributed by atoms with E-state index in [1.54, 1.807) is 30.4 Å². The summed E-state index contributed by atoms with van der Waals surface area (Å²) in [5, 5.41) is 3.86. The van der Waals surface area contributed by atoms with E-state index < -0.39 is 0 Å². The van der Waals surface area contributed by atoms with E-state index in [1.165, 1.54) is 0 Å². The molecule has 0 aliphatic carbocycles. The molecule has 0 N–H and O–H groups in total. The Morgan fingerprint density at radius 3 is 2.32 bits per heavy atom. The molecule has 1 fully saturated rings. The molecule has 0 saturated carbocycles. The van der Waals surface area contributed by atoms with Crippen molar-refractivity contribution in [3.05, 3.63) is 53.6 Å². The quantitative estimate of drug-likeness (QED) is 0.153. The van der Waals surface area contributed by atoms with Crippen LogP contribution in [0, 0.1) is 5.92 Å². The van der Waals surface area contributed by atoms with Crippen LogP contribution in [0.4, 0.5) is 0 Å². The largest absolute Gasteiger partial charge is 0.496 e. The highest BCUT2D eigenvalue weighted by molar-refractivity contribution is 5.97. The van der Waals surface area contributed by atoms with E-state index in [2.05, 4.69) is 5.16 Å². The third-order valence-electron chi connectivity index (χ3n) is 7.15. The fourth-order valence-electron chi connectivity index (χ4n) is 4.85. The fraction of sp³-hybridized carbons (Fsp3) is 0.531. The predicted molar refractivity (Wildman–Crippen MR) is 160 cm³/mol. The van der Waals surface area contributed by atoms with Crippen LogP contribution in [-0.4, -0.2) is 80.9 Å². The molecule has 224 valence electrons. The van der Waals surface area contributed by atoms with Crippen molar-refractivity contribution in [2.24, 2.45) is 11.1 Å². The van der Waals surface area contributed by atoms with Gasteiger partial charge in [-0.05, 0) is 94.8 Å². The highest BCUT2D eigenvalue weighted by Gasteiger charge is 2.31. The van der Waals surface area contributed by atoms with Crippen molar-refractivity contribution in [2.45, 2.75) is 52.9 Å². The van der Waals surface area contributed by atoms with Gasteiger partial charge in [0, 0.05) is 32.2 Å². The van der Waals surface area contributed by atoms with Crippen LogP contribution in [0.5, 0.6) is 17.2 Å². The Bertz CT molecular complexity index is 1120. The maximum absolute atomic E-state index is 13.4. The molecule has 0 bridgehead atoms. The number of carbonyl (C=O) groups is 2. The molecule has 2 aromatic rings. The number of hydrogen-bond donors (Lipinski definition) is 0. The first-order valence-corrected chi connectivity index (χ1v) is 14.8. The molecule has 9 nitrogen and oxygen atoms in total. The summed E-state index contributed by atoms with van der Waals surface area (Å²) in [4.78, 5) is 34.8. The molecular weight excluding hydrogens is 522 g/mol. The van der Waals surface area contributed by atoms with Crippen LogP contribution in [0.2, 0.25) is 0 Å². The highest BCUT2D eigenvalue weighted by atomic mass is 16.6. The first kappa shape index (κ1) is 31.8. The molecule has 1 heterocycles. The first-order valence-electron chi connectivity index (χ1n) is 14.8. The highest BCUT2D eigenvalue weighted by Crippen LogP contribution is 2.28. The Labute approximate surface area is 244 Å². The lowest BCUT2D eigenvalue weighted by Crippen LogP contribution is -2.46. The maximum Gasteiger partial charge on any atom is 0.257 e. The minimum Gasteiger partial charge on any atom is -0.496 e. The molecule has 2 amide bonds. The number of piperidine rings is 1. The molecule has 41 heavy (non-hydrogen) atoms. The Morgan fingerprint density at radius 1 is 0.976 bits per heavy atom. The molecule has 1 aliphatic heterocycles. The number of methoxy groups -OCH3 is 1. The standard InChI is InChI=1S/C32H45N3O6/c1-5-34(6-2)31(36)26-12-11-19-35(24-26)32(37)29-18-17-28(22-30(29)38-4)40-21-10-8-9-20-39-27-15-13-25(14-16-27)23-33-41-7-3/h13-18,22-23,26H,5-12,19-21,24H2,1-4H3. The van der Waals surface area contributed by atoms with Gasteiger partial charge in [-0.1, -0.05) is 5.16 Å². The number of unbranched alkanes of at least 4 members (excludes halogenated alkanes) is 2. The summed E-state index contributed by atoms with van der Waals surface area (Å²) in [5.74, 6) is 1.83. The number of carbonyl (C=O) groups excluding carboxylic acids is 2. The molecule has 3 rings (SSSR count). The second-order valence-electron chi connectivity index (χ2n) is 9.94. The van der Waals surface area contributed by atoms with E-state index in [0.717, 1.165) is 43.4 Å². The monoisotopic (exact) mass is 567 g/mol. The Morgan fingerprint density at radius 2 is 1.66 bits per heavy atom. The summed E-state index contributed by atoms with van der Waals surface area (Å²) in [6.45, 7) is 10.1. The zero-order valence-corrected chi connectivity index (χ0v) is 25.0. The van der Waals surface area contributed by atoms with Gasteiger partial charge in [0.15, 0.2) is 0 Å². The average molecular weight is 568 g/mol. The lowest BCUT2D eigenvalue weighted by molar-refractivity contribution is -0.136. The molecule has 9 heteroatoms. The van der Waals surface area contributed by atoms with Gasteiger partial charge in [0.1, 0.15) is 23.9 Å². The van der Waals surface area contributed by atoms with Gasteiger partial charge in [0.2, 0.25) is 5.91 Å². The molecule has 0 spiro atoms. The number of amides is 2. The summed E-state index contributed by atoms with van der Waals surface area (Å²) >= 11 is 0. The minimum atomic E-state index is -0.155. The Hall–Kier alpha value is -3.75. The number of rotatable bonds is 16. The normalized spacial score (nSPS) is 15.0. The Kier molecular flexibility index (Phi) is 13.3. The number of oxime groups is 1. The van der Waals surface area contributed by atoms with Crippen molar-refractivity contribution in [3.8, 4) is 17.2 Å². The number of ether oxygens (including phenoxy) is 3. The van der Waals surface area contributed by atoms with Gasteiger partial charge in [-0.3, -0.25) is 9.59 Å². The van der Waals surface area contributed by atoms with E-state index in [4.69, 9.17) is 19.0 Å². The fourth-order valence-corrected chi connectivity index (χ4v) is 4.85. The molecule has 1 saturated heterocycles. The van der Waals surface area contributed by atoms with Crippen LogP contribution in [0.3, 0.4) is 0 Å². The topological polar surface area (TPSA) is 89.9 Å². The van der Waals surface area contributed by atoms with Crippen LogP contribution in [0.25, 0.3) is 0 Å². The molecular formula is C32H45N3O6. The lowest BCUT2D eigenvalue weighted by Gasteiger charge is -2.34. The van der Waals surface area contributed by atoms with E-state index in [1.807, 2.05) is 56.0 Å². The van der Waals surface area contributed by atoms with Crippen molar-refractivity contribution < 1.29 is 28.6 Å². The smallest absolute Gasteiger partial charge is 0.257 e. The van der Waals surface area contributed by atoms with Crippen molar-refractivity contribution in [1.29, 1.82) is 0 Å². The molecule has 1 atom stereocenters. The zero-order valence-electron chi connectivity index (χ0n) is 25.0. The van der Waals surface area contributed by atoms with E-state index in [0.29, 0.717) is 63.1 Å². The minimum absolute atomic E-state index is 0.112. The van der Waals surface area contributed by atoms with Crippen LogP contribution < -0.4 is 14.2 Å². The van der Waals surface area contributed by atoms with Crippen LogP contribution in [0.1, 0.15) is 68.8 Å². The average Bonchev–Trinajstić information content (AvgIpc) is 3.01. The zero-order chi connectivity index (χ0) is 29.5. The van der Waals surface area contributed by atoms with Gasteiger partial charge < -0.3 is 28.8 Å². The summed E-state index contributed by atoms with van der Waals surface area (Å²) in [7, 11) is 1.56. The number of hydrogen-bond acceptors (Lipinski definition) is 7. The van der Waals surface area contributed by atoms with Gasteiger partial charge in [-0.25, -0.2) is 0 Å². The second kappa shape index (κ2) is 17.1. The maximum atomic E-state index is 13.4. The summed E-state index contributed by atoms with van der Waals surface area (Å²) in [6.07, 6.45) is 6.07. The molecule has 2 aromatic carbocycles.